The average molecular weight is 540 g/mol. The minimum absolute atomic E-state index is 0. The van der Waals surface area contributed by atoms with Crippen LogP contribution in [0.25, 0.3) is 0 Å². The molecule has 30 heavy (non-hydrogen) atoms. The molecule has 0 saturated heterocycles. The van der Waals surface area contributed by atoms with Crippen molar-refractivity contribution in [3.63, 3.8) is 0 Å². The van der Waals surface area contributed by atoms with E-state index >= 15 is 0 Å². The van der Waals surface area contributed by atoms with Crippen molar-refractivity contribution in [3.8, 4) is 11.5 Å². The first-order valence-corrected chi connectivity index (χ1v) is 9.95. The van der Waals surface area contributed by atoms with E-state index in [-0.39, 0.29) is 42.2 Å². The normalized spacial score (nSPS) is 14.2. The number of aliphatic imine (C=N–C) groups is 1. The van der Waals surface area contributed by atoms with Gasteiger partial charge in [0.25, 0.3) is 0 Å². The van der Waals surface area contributed by atoms with Crippen LogP contribution < -0.4 is 25.4 Å². The fraction of sp³-hybridized carbons (Fsp3) is 0.600. The van der Waals surface area contributed by atoms with E-state index in [2.05, 4.69) is 25.7 Å². The number of amides is 1. The Morgan fingerprint density at radius 3 is 2.63 bits per heavy atom. The van der Waals surface area contributed by atoms with E-state index < -0.39 is 6.61 Å². The van der Waals surface area contributed by atoms with Crippen LogP contribution >= 0.6 is 24.0 Å². The average Bonchev–Trinajstić information content (AvgIpc) is 3.19. The molecule has 2 rings (SSSR count). The number of nitrogens with one attached hydrogen (secondary N) is 3. The molecule has 0 bridgehead atoms. The van der Waals surface area contributed by atoms with Crippen LogP contribution in [0.2, 0.25) is 0 Å². The summed E-state index contributed by atoms with van der Waals surface area (Å²) in [7, 11) is 1.50. The van der Waals surface area contributed by atoms with Gasteiger partial charge in [0.1, 0.15) is 11.5 Å². The van der Waals surface area contributed by atoms with Gasteiger partial charge in [-0.25, -0.2) is 4.99 Å². The maximum atomic E-state index is 12.6. The smallest absolute Gasteiger partial charge is 0.387 e. The molecule has 3 N–H and O–H groups in total. The molecule has 1 aliphatic rings. The van der Waals surface area contributed by atoms with Crippen LogP contribution in [-0.4, -0.2) is 44.7 Å². The van der Waals surface area contributed by atoms with E-state index in [1.807, 2.05) is 6.92 Å². The number of benzene rings is 1. The molecule has 0 unspecified atom stereocenters. The van der Waals surface area contributed by atoms with Gasteiger partial charge in [0.2, 0.25) is 5.91 Å². The van der Waals surface area contributed by atoms with Crippen LogP contribution in [0.5, 0.6) is 11.5 Å². The zero-order valence-electron chi connectivity index (χ0n) is 17.4. The second-order valence-electron chi connectivity index (χ2n) is 6.77. The standard InChI is InChI=1S/C20H30F2N4O3.HI/c1-3-23-20(24-11-10-18(27)26-15-6-4-5-7-15)25-13-14-12-16(28-2)8-9-17(14)29-19(21)22;/h8-9,12,15,19H,3-7,10-11,13H2,1-2H3,(H,26,27)(H2,23,24,25);1H. The highest BCUT2D eigenvalue weighted by molar-refractivity contribution is 14.0. The highest BCUT2D eigenvalue weighted by atomic mass is 127. The topological polar surface area (TPSA) is 84.0 Å². The van der Waals surface area contributed by atoms with Crippen LogP contribution in [0.4, 0.5) is 8.78 Å². The molecular weight excluding hydrogens is 509 g/mol. The summed E-state index contributed by atoms with van der Waals surface area (Å²) in [6.45, 7) is 0.154. The summed E-state index contributed by atoms with van der Waals surface area (Å²) in [6.07, 6.45) is 4.77. The lowest BCUT2D eigenvalue weighted by atomic mass is 10.2. The van der Waals surface area contributed by atoms with Gasteiger partial charge >= 0.3 is 6.61 Å². The molecule has 1 fully saturated rings. The third-order valence-electron chi connectivity index (χ3n) is 4.60. The number of ether oxygens (including phenoxy) is 2. The molecule has 1 aromatic rings. The van der Waals surface area contributed by atoms with E-state index in [9.17, 15) is 13.6 Å². The largest absolute Gasteiger partial charge is 0.497 e. The Kier molecular flexibility index (Phi) is 12.4. The Morgan fingerprint density at radius 2 is 2.00 bits per heavy atom. The Hall–Kier alpha value is -1.85. The minimum atomic E-state index is -2.92. The number of carbonyl (C=O) groups excluding carboxylic acids is 1. The second-order valence-corrected chi connectivity index (χ2v) is 6.77. The Bertz CT molecular complexity index is 686. The van der Waals surface area contributed by atoms with Crippen LogP contribution in [-0.2, 0) is 11.3 Å². The molecule has 1 saturated carbocycles. The molecule has 0 heterocycles. The van der Waals surface area contributed by atoms with Crippen molar-refractivity contribution in [1.29, 1.82) is 0 Å². The van der Waals surface area contributed by atoms with Crippen molar-refractivity contribution >= 4 is 35.8 Å². The summed E-state index contributed by atoms with van der Waals surface area (Å²) in [5.41, 5.74) is 0.473. The summed E-state index contributed by atoms with van der Waals surface area (Å²) >= 11 is 0. The van der Waals surface area contributed by atoms with Crippen molar-refractivity contribution in [1.82, 2.24) is 16.0 Å². The number of halogens is 3. The molecule has 170 valence electrons. The van der Waals surface area contributed by atoms with Gasteiger partial charge in [-0.15, -0.1) is 24.0 Å². The van der Waals surface area contributed by atoms with Gasteiger partial charge in [-0.1, -0.05) is 12.8 Å². The fourth-order valence-corrected chi connectivity index (χ4v) is 3.19. The lowest BCUT2D eigenvalue weighted by Gasteiger charge is -2.14. The van der Waals surface area contributed by atoms with Gasteiger partial charge in [0.15, 0.2) is 5.96 Å². The molecule has 1 aliphatic carbocycles. The van der Waals surface area contributed by atoms with Crippen molar-refractivity contribution < 1.29 is 23.0 Å². The molecule has 0 aliphatic heterocycles. The SMILES string of the molecule is CCNC(=NCc1cc(OC)ccc1OC(F)F)NCCC(=O)NC1CCCC1.I. The third kappa shape index (κ3) is 9.31. The maximum Gasteiger partial charge on any atom is 0.387 e. The number of methoxy groups -OCH3 is 1. The van der Waals surface area contributed by atoms with Crippen molar-refractivity contribution in [2.75, 3.05) is 20.2 Å². The second kappa shape index (κ2) is 14.2. The molecule has 10 heteroatoms. The third-order valence-corrected chi connectivity index (χ3v) is 4.60. The first-order valence-electron chi connectivity index (χ1n) is 9.95. The Labute approximate surface area is 193 Å². The number of guanidine groups is 1. The zero-order valence-corrected chi connectivity index (χ0v) is 19.7. The van der Waals surface area contributed by atoms with Crippen molar-refractivity contribution in [3.05, 3.63) is 23.8 Å². The number of hydrogen-bond donors (Lipinski definition) is 3. The molecule has 1 amide bonds. The van der Waals surface area contributed by atoms with Crippen LogP contribution in [0.3, 0.4) is 0 Å². The highest BCUT2D eigenvalue weighted by Gasteiger charge is 2.16. The van der Waals surface area contributed by atoms with Crippen LogP contribution in [0, 0.1) is 0 Å². The van der Waals surface area contributed by atoms with E-state index in [4.69, 9.17) is 4.74 Å². The predicted molar refractivity (Wildman–Crippen MR) is 123 cm³/mol. The quantitative estimate of drug-likeness (QED) is 0.241. The van der Waals surface area contributed by atoms with E-state index in [1.165, 1.54) is 26.0 Å². The lowest BCUT2D eigenvalue weighted by Crippen LogP contribution is -2.40. The van der Waals surface area contributed by atoms with Gasteiger partial charge in [-0.3, -0.25) is 4.79 Å². The Balaban J connectivity index is 0.00000450. The number of hydrogen-bond acceptors (Lipinski definition) is 4. The van der Waals surface area contributed by atoms with Crippen molar-refractivity contribution in [2.24, 2.45) is 4.99 Å². The number of nitrogens with zero attached hydrogens (tertiary/aromatic N) is 1. The monoisotopic (exact) mass is 540 g/mol. The van der Waals surface area contributed by atoms with Gasteiger partial charge in [-0.05, 0) is 38.0 Å². The van der Waals surface area contributed by atoms with Crippen molar-refractivity contribution in [2.45, 2.75) is 58.2 Å². The predicted octanol–water partition coefficient (Wildman–Crippen LogP) is 3.42. The zero-order chi connectivity index (χ0) is 21.1. The van der Waals surface area contributed by atoms with E-state index in [0.717, 1.165) is 12.8 Å². The number of rotatable bonds is 10. The van der Waals surface area contributed by atoms with E-state index in [1.54, 1.807) is 12.1 Å². The molecule has 0 atom stereocenters. The lowest BCUT2D eigenvalue weighted by molar-refractivity contribution is -0.121. The van der Waals surface area contributed by atoms with Gasteiger partial charge in [0.05, 0.1) is 13.7 Å². The summed E-state index contributed by atoms with van der Waals surface area (Å²) < 4.78 is 35.0. The van der Waals surface area contributed by atoms with E-state index in [0.29, 0.717) is 42.8 Å². The minimum Gasteiger partial charge on any atom is -0.497 e. The van der Waals surface area contributed by atoms with Crippen LogP contribution in [0.1, 0.15) is 44.6 Å². The molecule has 7 nitrogen and oxygen atoms in total. The number of alkyl halides is 2. The summed E-state index contributed by atoms with van der Waals surface area (Å²) in [4.78, 5) is 16.4. The van der Waals surface area contributed by atoms with Gasteiger partial charge in [0, 0.05) is 31.1 Å². The van der Waals surface area contributed by atoms with Gasteiger partial charge in [-0.2, -0.15) is 8.78 Å². The molecule has 0 spiro atoms. The molecule has 0 radical (unpaired) electrons. The van der Waals surface area contributed by atoms with Gasteiger partial charge < -0.3 is 25.4 Å². The first-order chi connectivity index (χ1) is 14.0. The Morgan fingerprint density at radius 1 is 1.27 bits per heavy atom. The highest BCUT2D eigenvalue weighted by Crippen LogP contribution is 2.26. The number of carbonyl (C=O) groups is 1. The first kappa shape index (κ1) is 26.2. The van der Waals surface area contributed by atoms with Crippen LogP contribution in [0.15, 0.2) is 23.2 Å². The summed E-state index contributed by atoms with van der Waals surface area (Å²) in [5, 5.41) is 9.21. The molecule has 1 aromatic carbocycles. The summed E-state index contributed by atoms with van der Waals surface area (Å²) in [5.74, 6) is 1.09. The molecular formula is C20H31F2IN4O3. The fourth-order valence-electron chi connectivity index (χ4n) is 3.19. The summed E-state index contributed by atoms with van der Waals surface area (Å²) in [6, 6.07) is 4.89. The molecule has 0 aromatic heterocycles. The maximum absolute atomic E-state index is 12.6.